The Labute approximate surface area is 125 Å². The van der Waals surface area contributed by atoms with Crippen LogP contribution in [0.5, 0.6) is 0 Å². The SMILES string of the molecule is O=C(CSc1ccc(Br)cc1)NCc1ccncc1. The second-order valence-electron chi connectivity index (χ2n) is 3.87. The lowest BCUT2D eigenvalue weighted by Crippen LogP contribution is -2.24. The van der Waals surface area contributed by atoms with Crippen LogP contribution >= 0.6 is 27.7 Å². The molecule has 2 rings (SSSR count). The number of amides is 1. The molecule has 1 heterocycles. The Balaban J connectivity index is 1.74. The lowest BCUT2D eigenvalue weighted by atomic mass is 10.3. The van der Waals surface area contributed by atoms with Crippen LogP contribution in [0.4, 0.5) is 0 Å². The largest absolute Gasteiger partial charge is 0.351 e. The molecule has 2 aromatic rings. The van der Waals surface area contributed by atoms with E-state index in [9.17, 15) is 4.79 Å². The highest BCUT2D eigenvalue weighted by Gasteiger charge is 2.02. The Bertz CT molecular complexity index is 531. The van der Waals surface area contributed by atoms with Crippen molar-refractivity contribution in [1.82, 2.24) is 10.3 Å². The van der Waals surface area contributed by atoms with Gasteiger partial charge in [0.25, 0.3) is 0 Å². The smallest absolute Gasteiger partial charge is 0.230 e. The number of nitrogens with one attached hydrogen (secondary N) is 1. The molecule has 1 amide bonds. The maximum atomic E-state index is 11.7. The fourth-order valence-corrected chi connectivity index (χ4v) is 2.42. The van der Waals surface area contributed by atoms with Crippen molar-refractivity contribution in [1.29, 1.82) is 0 Å². The van der Waals surface area contributed by atoms with Crippen LogP contribution in [-0.4, -0.2) is 16.6 Å². The molecule has 1 N–H and O–H groups in total. The molecule has 0 aliphatic carbocycles. The molecule has 0 radical (unpaired) electrons. The summed E-state index contributed by atoms with van der Waals surface area (Å²) < 4.78 is 1.04. The van der Waals surface area contributed by atoms with Gasteiger partial charge in [0.1, 0.15) is 0 Å². The van der Waals surface area contributed by atoms with Crippen molar-refractivity contribution >= 4 is 33.6 Å². The zero-order valence-corrected chi connectivity index (χ0v) is 12.6. The minimum atomic E-state index is 0.0322. The lowest BCUT2D eigenvalue weighted by Gasteiger charge is -2.05. The van der Waals surface area contributed by atoms with Gasteiger partial charge in [-0.25, -0.2) is 0 Å². The first-order chi connectivity index (χ1) is 9.24. The molecular weight excluding hydrogens is 324 g/mol. The Morgan fingerprint density at radius 1 is 1.16 bits per heavy atom. The molecule has 0 saturated heterocycles. The Morgan fingerprint density at radius 3 is 2.53 bits per heavy atom. The molecule has 0 unspecified atom stereocenters. The lowest BCUT2D eigenvalue weighted by molar-refractivity contribution is -0.118. The van der Waals surface area contributed by atoms with Gasteiger partial charge in [-0.3, -0.25) is 9.78 Å². The van der Waals surface area contributed by atoms with E-state index in [0.29, 0.717) is 12.3 Å². The van der Waals surface area contributed by atoms with Gasteiger partial charge >= 0.3 is 0 Å². The summed E-state index contributed by atoms with van der Waals surface area (Å²) in [4.78, 5) is 16.7. The topological polar surface area (TPSA) is 42.0 Å². The van der Waals surface area contributed by atoms with Crippen LogP contribution in [0, 0.1) is 0 Å². The van der Waals surface area contributed by atoms with Crippen LogP contribution in [0.25, 0.3) is 0 Å². The number of thioether (sulfide) groups is 1. The van der Waals surface area contributed by atoms with Gasteiger partial charge in [-0.1, -0.05) is 15.9 Å². The van der Waals surface area contributed by atoms with Gasteiger partial charge in [-0.05, 0) is 42.0 Å². The second-order valence-corrected chi connectivity index (χ2v) is 5.84. The number of rotatable bonds is 5. The standard InChI is InChI=1S/C14H13BrN2OS/c15-12-1-3-13(4-2-12)19-10-14(18)17-9-11-5-7-16-8-6-11/h1-8H,9-10H2,(H,17,18). The zero-order chi connectivity index (χ0) is 13.5. The number of carbonyl (C=O) groups is 1. The molecule has 19 heavy (non-hydrogen) atoms. The summed E-state index contributed by atoms with van der Waals surface area (Å²) in [7, 11) is 0. The van der Waals surface area contributed by atoms with E-state index < -0.39 is 0 Å². The fraction of sp³-hybridized carbons (Fsp3) is 0.143. The van der Waals surface area contributed by atoms with Gasteiger partial charge in [-0.2, -0.15) is 0 Å². The predicted molar refractivity (Wildman–Crippen MR) is 80.9 cm³/mol. The summed E-state index contributed by atoms with van der Waals surface area (Å²) in [5.41, 5.74) is 1.05. The predicted octanol–water partition coefficient (Wildman–Crippen LogP) is 3.25. The second kappa shape index (κ2) is 7.31. The van der Waals surface area contributed by atoms with Gasteiger partial charge in [0.15, 0.2) is 0 Å². The minimum absolute atomic E-state index is 0.0322. The number of halogens is 1. The highest BCUT2D eigenvalue weighted by molar-refractivity contribution is 9.10. The van der Waals surface area contributed by atoms with Crippen LogP contribution in [0.1, 0.15) is 5.56 Å². The van der Waals surface area contributed by atoms with E-state index >= 15 is 0 Å². The van der Waals surface area contributed by atoms with Gasteiger partial charge in [-0.15, -0.1) is 11.8 Å². The summed E-state index contributed by atoms with van der Waals surface area (Å²) >= 11 is 4.91. The molecule has 0 saturated carbocycles. The molecule has 0 aliphatic heterocycles. The summed E-state index contributed by atoms with van der Waals surface area (Å²) in [5.74, 6) is 0.455. The van der Waals surface area contributed by atoms with E-state index in [4.69, 9.17) is 0 Å². The summed E-state index contributed by atoms with van der Waals surface area (Å²) in [6.45, 7) is 0.544. The zero-order valence-electron chi connectivity index (χ0n) is 10.2. The van der Waals surface area contributed by atoms with E-state index in [-0.39, 0.29) is 5.91 Å². The quantitative estimate of drug-likeness (QED) is 0.852. The van der Waals surface area contributed by atoms with Crippen molar-refractivity contribution in [2.45, 2.75) is 11.4 Å². The number of hydrogen-bond donors (Lipinski definition) is 1. The molecule has 0 spiro atoms. The number of pyridine rings is 1. The number of hydrogen-bond acceptors (Lipinski definition) is 3. The third kappa shape index (κ3) is 5.04. The first kappa shape index (κ1) is 14.1. The van der Waals surface area contributed by atoms with E-state index in [2.05, 4.69) is 26.2 Å². The van der Waals surface area contributed by atoms with Crippen LogP contribution < -0.4 is 5.32 Å². The van der Waals surface area contributed by atoms with Crippen LogP contribution in [0.15, 0.2) is 58.2 Å². The van der Waals surface area contributed by atoms with E-state index in [0.717, 1.165) is 14.9 Å². The van der Waals surface area contributed by atoms with E-state index in [1.54, 1.807) is 12.4 Å². The van der Waals surface area contributed by atoms with Crippen molar-refractivity contribution in [2.75, 3.05) is 5.75 Å². The summed E-state index contributed by atoms with van der Waals surface area (Å²) in [6.07, 6.45) is 3.44. The summed E-state index contributed by atoms with van der Waals surface area (Å²) in [5, 5.41) is 2.88. The van der Waals surface area contributed by atoms with Gasteiger partial charge in [0.2, 0.25) is 5.91 Å². The van der Waals surface area contributed by atoms with Crippen molar-refractivity contribution in [3.8, 4) is 0 Å². The minimum Gasteiger partial charge on any atom is -0.351 e. The number of benzene rings is 1. The molecule has 3 nitrogen and oxygen atoms in total. The van der Waals surface area contributed by atoms with Gasteiger partial charge in [0, 0.05) is 28.3 Å². The van der Waals surface area contributed by atoms with Gasteiger partial charge in [0.05, 0.1) is 5.75 Å². The average molecular weight is 337 g/mol. The highest BCUT2D eigenvalue weighted by atomic mass is 79.9. The van der Waals surface area contributed by atoms with E-state index in [1.165, 1.54) is 11.8 Å². The summed E-state index contributed by atoms with van der Waals surface area (Å²) in [6, 6.07) is 11.7. The molecule has 0 aliphatic rings. The van der Waals surface area contributed by atoms with Crippen LogP contribution in [0.3, 0.4) is 0 Å². The van der Waals surface area contributed by atoms with Crippen molar-refractivity contribution < 1.29 is 4.79 Å². The molecule has 0 atom stereocenters. The maximum Gasteiger partial charge on any atom is 0.230 e. The first-order valence-electron chi connectivity index (χ1n) is 5.78. The van der Waals surface area contributed by atoms with Crippen molar-refractivity contribution in [3.05, 3.63) is 58.8 Å². The molecule has 1 aromatic heterocycles. The van der Waals surface area contributed by atoms with Crippen LogP contribution in [-0.2, 0) is 11.3 Å². The average Bonchev–Trinajstić information content (AvgIpc) is 2.45. The third-order valence-electron chi connectivity index (χ3n) is 2.42. The number of carbonyl (C=O) groups excluding carboxylic acids is 1. The molecular formula is C14H13BrN2OS. The molecule has 0 fully saturated rings. The van der Waals surface area contributed by atoms with Crippen molar-refractivity contribution in [2.24, 2.45) is 0 Å². The third-order valence-corrected chi connectivity index (χ3v) is 3.96. The first-order valence-corrected chi connectivity index (χ1v) is 7.56. The number of aromatic nitrogens is 1. The maximum absolute atomic E-state index is 11.7. The van der Waals surface area contributed by atoms with E-state index in [1.807, 2.05) is 36.4 Å². The molecule has 98 valence electrons. The molecule has 1 aromatic carbocycles. The van der Waals surface area contributed by atoms with Gasteiger partial charge < -0.3 is 5.32 Å². The monoisotopic (exact) mass is 336 g/mol. The molecule has 0 bridgehead atoms. The number of nitrogens with zero attached hydrogens (tertiary/aromatic N) is 1. The molecule has 5 heteroatoms. The highest BCUT2D eigenvalue weighted by Crippen LogP contribution is 2.20. The fourth-order valence-electron chi connectivity index (χ4n) is 1.43. The normalized spacial score (nSPS) is 10.2. The van der Waals surface area contributed by atoms with Crippen molar-refractivity contribution in [3.63, 3.8) is 0 Å². The Hall–Kier alpha value is -1.33. The Kier molecular flexibility index (Phi) is 5.42. The van der Waals surface area contributed by atoms with Crippen LogP contribution in [0.2, 0.25) is 0 Å². The Morgan fingerprint density at radius 2 is 1.84 bits per heavy atom.